The minimum absolute atomic E-state index is 0.235. The third-order valence-electron chi connectivity index (χ3n) is 2.60. The average Bonchev–Trinajstić information content (AvgIpc) is 2.25. The van der Waals surface area contributed by atoms with E-state index in [2.05, 4.69) is 6.58 Å². The van der Waals surface area contributed by atoms with E-state index < -0.39 is 0 Å². The van der Waals surface area contributed by atoms with Crippen LogP contribution in [0.1, 0.15) is 52.9 Å². The van der Waals surface area contributed by atoms with Crippen molar-refractivity contribution in [1.82, 2.24) is 0 Å². The molecule has 0 aromatic heterocycles. The Bertz CT molecular complexity index is 261. The predicted molar refractivity (Wildman–Crippen MR) is 68.7 cm³/mol. The fourth-order valence-electron chi connectivity index (χ4n) is 1.24. The van der Waals surface area contributed by atoms with Crippen LogP contribution >= 0.6 is 0 Å². The van der Waals surface area contributed by atoms with Crippen molar-refractivity contribution in [2.45, 2.75) is 52.9 Å². The Labute approximate surface area is 104 Å². The molecule has 0 bridgehead atoms. The van der Waals surface area contributed by atoms with E-state index in [1.54, 1.807) is 0 Å². The van der Waals surface area contributed by atoms with E-state index in [0.29, 0.717) is 18.6 Å². The summed E-state index contributed by atoms with van der Waals surface area (Å²) in [6.45, 7) is 10.0. The first-order valence-electron chi connectivity index (χ1n) is 6.19. The van der Waals surface area contributed by atoms with Crippen molar-refractivity contribution in [2.75, 3.05) is 6.61 Å². The van der Waals surface area contributed by atoms with E-state index in [0.717, 1.165) is 32.0 Å². The van der Waals surface area contributed by atoms with Gasteiger partial charge in [0.25, 0.3) is 0 Å². The van der Waals surface area contributed by atoms with Gasteiger partial charge in [-0.25, -0.2) is 4.79 Å². The van der Waals surface area contributed by atoms with Crippen molar-refractivity contribution in [3.8, 4) is 0 Å². The molecule has 0 amide bonds. The predicted octanol–water partition coefficient (Wildman–Crippen LogP) is 3.28. The summed E-state index contributed by atoms with van der Waals surface area (Å²) in [5.74, 6) is -0.301. The van der Waals surface area contributed by atoms with Crippen molar-refractivity contribution in [2.24, 2.45) is 5.41 Å². The molecule has 0 saturated heterocycles. The van der Waals surface area contributed by atoms with Crippen LogP contribution in [0.4, 0.5) is 0 Å². The van der Waals surface area contributed by atoms with Crippen LogP contribution in [0, 0.1) is 5.41 Å². The second kappa shape index (κ2) is 8.04. The third-order valence-corrected chi connectivity index (χ3v) is 2.60. The summed E-state index contributed by atoms with van der Waals surface area (Å²) in [5, 5.41) is 0. The molecule has 0 fully saturated rings. The van der Waals surface area contributed by atoms with Crippen molar-refractivity contribution in [3.63, 3.8) is 0 Å². The van der Waals surface area contributed by atoms with Crippen molar-refractivity contribution < 1.29 is 14.3 Å². The van der Waals surface area contributed by atoms with Crippen LogP contribution in [0.2, 0.25) is 0 Å². The van der Waals surface area contributed by atoms with Crippen molar-refractivity contribution in [1.29, 1.82) is 0 Å². The quantitative estimate of drug-likeness (QED) is 0.283. The first-order valence-corrected chi connectivity index (χ1v) is 6.19. The summed E-state index contributed by atoms with van der Waals surface area (Å²) in [6.07, 6.45) is 5.34. The second-order valence-electron chi connectivity index (χ2n) is 5.23. The lowest BCUT2D eigenvalue weighted by atomic mass is 9.88. The van der Waals surface area contributed by atoms with Gasteiger partial charge in [0.15, 0.2) is 0 Å². The number of ether oxygens (including phenoxy) is 1. The molecule has 0 aliphatic carbocycles. The van der Waals surface area contributed by atoms with Gasteiger partial charge in [-0.1, -0.05) is 40.2 Å². The average molecular weight is 240 g/mol. The number of carbonyl (C=O) groups is 2. The fourth-order valence-corrected chi connectivity index (χ4v) is 1.24. The molecule has 0 N–H and O–H groups in total. The smallest absolute Gasteiger partial charge is 0.333 e. The molecule has 0 spiro atoms. The van der Waals surface area contributed by atoms with Gasteiger partial charge in [-0.3, -0.25) is 0 Å². The van der Waals surface area contributed by atoms with Gasteiger partial charge in [0, 0.05) is 12.0 Å². The van der Waals surface area contributed by atoms with Gasteiger partial charge in [-0.2, -0.15) is 0 Å². The SMILES string of the molecule is C=C(C(=O)OCCCCCCC=O)C(C)(C)C. The molecular formula is C14H24O3. The molecule has 0 aliphatic rings. The molecule has 0 radical (unpaired) electrons. The van der Waals surface area contributed by atoms with E-state index in [1.807, 2.05) is 20.8 Å². The van der Waals surface area contributed by atoms with Crippen LogP contribution in [0.15, 0.2) is 12.2 Å². The number of aldehydes is 1. The zero-order chi connectivity index (χ0) is 13.3. The van der Waals surface area contributed by atoms with Crippen LogP contribution in [0.5, 0.6) is 0 Å². The van der Waals surface area contributed by atoms with E-state index in [9.17, 15) is 9.59 Å². The number of unbranched alkanes of at least 4 members (excludes halogenated alkanes) is 4. The lowest BCUT2D eigenvalue weighted by Crippen LogP contribution is -2.19. The Morgan fingerprint density at radius 2 is 1.76 bits per heavy atom. The van der Waals surface area contributed by atoms with Crippen molar-refractivity contribution in [3.05, 3.63) is 12.2 Å². The van der Waals surface area contributed by atoms with E-state index in [1.165, 1.54) is 0 Å². The lowest BCUT2D eigenvalue weighted by molar-refractivity contribution is -0.140. The Balaban J connectivity index is 3.59. The van der Waals surface area contributed by atoms with Gasteiger partial charge < -0.3 is 9.53 Å². The largest absolute Gasteiger partial charge is 0.462 e. The van der Waals surface area contributed by atoms with Crippen LogP contribution in [0.25, 0.3) is 0 Å². The van der Waals surface area contributed by atoms with E-state index >= 15 is 0 Å². The molecule has 0 rings (SSSR count). The molecule has 0 unspecified atom stereocenters. The topological polar surface area (TPSA) is 43.4 Å². The Morgan fingerprint density at radius 3 is 2.29 bits per heavy atom. The van der Waals surface area contributed by atoms with Gasteiger partial charge in [0.1, 0.15) is 6.29 Å². The minimum atomic E-state index is -0.301. The molecule has 0 aliphatic heterocycles. The molecule has 0 heterocycles. The zero-order valence-electron chi connectivity index (χ0n) is 11.3. The number of esters is 1. The highest BCUT2D eigenvalue weighted by Crippen LogP contribution is 2.24. The number of hydrogen-bond acceptors (Lipinski definition) is 3. The third kappa shape index (κ3) is 7.72. The highest BCUT2D eigenvalue weighted by molar-refractivity contribution is 5.88. The lowest BCUT2D eigenvalue weighted by Gasteiger charge is -2.19. The summed E-state index contributed by atoms with van der Waals surface area (Å²) in [5.41, 5.74) is 0.277. The van der Waals surface area contributed by atoms with Gasteiger partial charge in [0.2, 0.25) is 0 Å². The summed E-state index contributed by atoms with van der Waals surface area (Å²) in [7, 11) is 0. The Morgan fingerprint density at radius 1 is 1.18 bits per heavy atom. The van der Waals surface area contributed by atoms with Gasteiger partial charge in [-0.15, -0.1) is 0 Å². The molecular weight excluding hydrogens is 216 g/mol. The maximum Gasteiger partial charge on any atom is 0.333 e. The maximum absolute atomic E-state index is 11.6. The zero-order valence-corrected chi connectivity index (χ0v) is 11.3. The van der Waals surface area contributed by atoms with Gasteiger partial charge >= 0.3 is 5.97 Å². The van der Waals surface area contributed by atoms with Crippen LogP contribution in [0.3, 0.4) is 0 Å². The molecule has 0 aromatic carbocycles. The molecule has 0 atom stereocenters. The molecule has 0 aromatic rings. The number of hydrogen-bond donors (Lipinski definition) is 0. The molecule has 17 heavy (non-hydrogen) atoms. The summed E-state index contributed by atoms with van der Waals surface area (Å²) >= 11 is 0. The molecule has 3 heteroatoms. The Kier molecular flexibility index (Phi) is 7.51. The first-order chi connectivity index (χ1) is 7.89. The van der Waals surface area contributed by atoms with Crippen LogP contribution in [-0.2, 0) is 14.3 Å². The summed E-state index contributed by atoms with van der Waals surface area (Å²) in [4.78, 5) is 21.6. The van der Waals surface area contributed by atoms with E-state index in [4.69, 9.17) is 4.74 Å². The van der Waals surface area contributed by atoms with Crippen LogP contribution < -0.4 is 0 Å². The standard InChI is InChI=1S/C14H24O3/c1-12(14(2,3)4)13(16)17-11-9-7-5-6-8-10-15/h10H,1,5-9,11H2,2-4H3. The normalized spacial score (nSPS) is 11.0. The second-order valence-corrected chi connectivity index (χ2v) is 5.23. The highest BCUT2D eigenvalue weighted by Gasteiger charge is 2.22. The van der Waals surface area contributed by atoms with E-state index in [-0.39, 0.29) is 11.4 Å². The monoisotopic (exact) mass is 240 g/mol. The molecule has 3 nitrogen and oxygen atoms in total. The summed E-state index contributed by atoms with van der Waals surface area (Å²) < 4.78 is 5.13. The fraction of sp³-hybridized carbons (Fsp3) is 0.714. The maximum atomic E-state index is 11.6. The first kappa shape index (κ1) is 15.9. The highest BCUT2D eigenvalue weighted by atomic mass is 16.5. The summed E-state index contributed by atoms with van der Waals surface area (Å²) in [6, 6.07) is 0. The molecule has 98 valence electrons. The Hall–Kier alpha value is -1.12. The molecule has 0 saturated carbocycles. The van der Waals surface area contributed by atoms with Gasteiger partial charge in [-0.05, 0) is 18.3 Å². The minimum Gasteiger partial charge on any atom is -0.462 e. The van der Waals surface area contributed by atoms with Crippen molar-refractivity contribution >= 4 is 12.3 Å². The van der Waals surface area contributed by atoms with Gasteiger partial charge in [0.05, 0.1) is 6.61 Å². The number of carbonyl (C=O) groups excluding carboxylic acids is 2. The number of rotatable bonds is 8. The van der Waals surface area contributed by atoms with Crippen LogP contribution in [-0.4, -0.2) is 18.9 Å².